The lowest BCUT2D eigenvalue weighted by molar-refractivity contribution is 0.361. The van der Waals surface area contributed by atoms with Crippen LogP contribution in [0, 0.1) is 11.3 Å². The molecule has 0 aromatic rings. The van der Waals surface area contributed by atoms with Crippen molar-refractivity contribution < 1.29 is 0 Å². The minimum Gasteiger partial charge on any atom is -0.157 e. The predicted octanol–water partition coefficient (Wildman–Crippen LogP) is 4.30. The Bertz CT molecular complexity index is 170. The van der Waals surface area contributed by atoms with Gasteiger partial charge in [-0.3, -0.25) is 0 Å². The molecule has 1 rings (SSSR count). The summed E-state index contributed by atoms with van der Waals surface area (Å²) in [7, 11) is 0. The first-order valence-electron chi connectivity index (χ1n) is 5.66. The molecular formula is C12H24S2. The normalized spacial score (nSPS) is 30.4. The van der Waals surface area contributed by atoms with E-state index in [1.807, 2.05) is 0 Å². The van der Waals surface area contributed by atoms with Gasteiger partial charge in [0.1, 0.15) is 0 Å². The zero-order valence-electron chi connectivity index (χ0n) is 10.2. The smallest absolute Gasteiger partial charge is 0.0217 e. The van der Waals surface area contributed by atoms with E-state index in [1.165, 1.54) is 17.9 Å². The lowest BCUT2D eigenvalue weighted by Gasteiger charge is -2.37. The molecule has 2 unspecified atom stereocenters. The Kier molecular flexibility index (Phi) is 4.70. The zero-order chi connectivity index (χ0) is 10.8. The maximum Gasteiger partial charge on any atom is 0.0217 e. The van der Waals surface area contributed by atoms with Crippen molar-refractivity contribution in [1.29, 1.82) is 0 Å². The maximum absolute atomic E-state index is 2.39. The summed E-state index contributed by atoms with van der Waals surface area (Å²) < 4.78 is 0. The van der Waals surface area contributed by atoms with Crippen LogP contribution < -0.4 is 0 Å². The molecule has 84 valence electrons. The van der Waals surface area contributed by atoms with Gasteiger partial charge in [-0.2, -0.15) is 23.5 Å². The average molecular weight is 232 g/mol. The van der Waals surface area contributed by atoms with Gasteiger partial charge in [-0.1, -0.05) is 34.6 Å². The molecule has 2 atom stereocenters. The Morgan fingerprint density at radius 2 is 1.64 bits per heavy atom. The quantitative estimate of drug-likeness (QED) is 0.661. The van der Waals surface area contributed by atoms with Crippen LogP contribution in [-0.2, 0) is 0 Å². The number of rotatable bonds is 1. The largest absolute Gasteiger partial charge is 0.157 e. The van der Waals surface area contributed by atoms with E-state index in [9.17, 15) is 0 Å². The molecule has 1 aliphatic rings. The van der Waals surface area contributed by atoms with Gasteiger partial charge in [0.05, 0.1) is 0 Å². The fourth-order valence-electron chi connectivity index (χ4n) is 1.96. The zero-order valence-corrected chi connectivity index (χ0v) is 11.8. The van der Waals surface area contributed by atoms with E-state index in [0.29, 0.717) is 5.41 Å². The van der Waals surface area contributed by atoms with Crippen molar-refractivity contribution in [1.82, 2.24) is 0 Å². The molecule has 2 heteroatoms. The lowest BCUT2D eigenvalue weighted by Crippen LogP contribution is -2.36. The van der Waals surface area contributed by atoms with E-state index >= 15 is 0 Å². The summed E-state index contributed by atoms with van der Waals surface area (Å²) in [5, 5.41) is 1.68. The third kappa shape index (κ3) is 3.37. The van der Waals surface area contributed by atoms with Crippen molar-refractivity contribution in [3.05, 3.63) is 0 Å². The first kappa shape index (κ1) is 12.8. The van der Waals surface area contributed by atoms with Crippen LogP contribution in [0.2, 0.25) is 0 Å². The summed E-state index contributed by atoms with van der Waals surface area (Å²) in [5.41, 5.74) is 0.455. The molecule has 0 aliphatic carbocycles. The third-order valence-corrected chi connectivity index (χ3v) is 6.49. The van der Waals surface area contributed by atoms with Gasteiger partial charge in [0.15, 0.2) is 0 Å². The third-order valence-electron chi connectivity index (χ3n) is 2.71. The summed E-state index contributed by atoms with van der Waals surface area (Å²) in [6, 6.07) is 0. The highest BCUT2D eigenvalue weighted by atomic mass is 32.2. The molecule has 0 bridgehead atoms. The van der Waals surface area contributed by atoms with Gasteiger partial charge in [0.2, 0.25) is 0 Å². The fraction of sp³-hybridized carbons (Fsp3) is 1.00. The van der Waals surface area contributed by atoms with Gasteiger partial charge in [-0.25, -0.2) is 0 Å². The highest BCUT2D eigenvalue weighted by Crippen LogP contribution is 2.43. The van der Waals surface area contributed by atoms with E-state index in [1.54, 1.807) is 0 Å². The van der Waals surface area contributed by atoms with Crippen molar-refractivity contribution in [3.63, 3.8) is 0 Å². The Morgan fingerprint density at radius 1 is 1.07 bits per heavy atom. The van der Waals surface area contributed by atoms with Crippen LogP contribution in [0.3, 0.4) is 0 Å². The summed E-state index contributed by atoms with van der Waals surface area (Å²) >= 11 is 4.41. The van der Waals surface area contributed by atoms with Crippen molar-refractivity contribution in [2.75, 3.05) is 11.5 Å². The van der Waals surface area contributed by atoms with E-state index in [-0.39, 0.29) is 0 Å². The molecule has 0 aromatic heterocycles. The summed E-state index contributed by atoms with van der Waals surface area (Å²) in [6.45, 7) is 11.9. The van der Waals surface area contributed by atoms with Crippen LogP contribution in [0.1, 0.15) is 41.0 Å². The first-order valence-corrected chi connectivity index (χ1v) is 7.76. The molecule has 0 spiro atoms. The molecule has 1 aliphatic heterocycles. The average Bonchev–Trinajstić information content (AvgIpc) is 2.26. The minimum absolute atomic E-state index is 0.455. The van der Waals surface area contributed by atoms with Gasteiger partial charge in [-0.05, 0) is 29.3 Å². The van der Waals surface area contributed by atoms with Crippen molar-refractivity contribution in [3.8, 4) is 0 Å². The van der Waals surface area contributed by atoms with Gasteiger partial charge in [0, 0.05) is 10.5 Å². The topological polar surface area (TPSA) is 0 Å². The molecule has 1 saturated heterocycles. The monoisotopic (exact) mass is 232 g/mol. The molecule has 1 heterocycles. The van der Waals surface area contributed by atoms with Crippen molar-refractivity contribution in [2.24, 2.45) is 11.3 Å². The first-order chi connectivity index (χ1) is 6.43. The highest BCUT2D eigenvalue weighted by Gasteiger charge is 2.35. The van der Waals surface area contributed by atoms with E-state index in [4.69, 9.17) is 0 Å². The number of hydrogen-bond donors (Lipinski definition) is 0. The highest BCUT2D eigenvalue weighted by molar-refractivity contribution is 8.04. The van der Waals surface area contributed by atoms with Crippen LogP contribution in [0.5, 0.6) is 0 Å². The molecule has 14 heavy (non-hydrogen) atoms. The van der Waals surface area contributed by atoms with Crippen LogP contribution in [-0.4, -0.2) is 22.0 Å². The molecule has 0 aromatic carbocycles. The number of thioether (sulfide) groups is 2. The standard InChI is InChI=1S/C12H24S2/c1-9(2)10-11(12(3,4)5)14-8-6-7-13-10/h9-11H,6-8H2,1-5H3. The Labute approximate surface area is 98.0 Å². The second-order valence-electron chi connectivity index (χ2n) is 5.59. The second-order valence-corrected chi connectivity index (χ2v) is 8.13. The van der Waals surface area contributed by atoms with Crippen LogP contribution in [0.15, 0.2) is 0 Å². The van der Waals surface area contributed by atoms with Gasteiger partial charge in [-0.15, -0.1) is 0 Å². The van der Waals surface area contributed by atoms with Gasteiger partial charge >= 0.3 is 0 Å². The molecule has 0 saturated carbocycles. The number of hydrogen-bond acceptors (Lipinski definition) is 2. The maximum atomic E-state index is 2.39. The summed E-state index contributed by atoms with van der Waals surface area (Å²) in [6.07, 6.45) is 1.39. The molecule has 0 nitrogen and oxygen atoms in total. The van der Waals surface area contributed by atoms with Crippen molar-refractivity contribution >= 4 is 23.5 Å². The van der Waals surface area contributed by atoms with Crippen molar-refractivity contribution in [2.45, 2.75) is 51.5 Å². The Morgan fingerprint density at radius 3 is 2.14 bits per heavy atom. The Balaban J connectivity index is 2.74. The summed E-state index contributed by atoms with van der Waals surface area (Å²) in [4.78, 5) is 0. The molecule has 0 radical (unpaired) electrons. The van der Waals surface area contributed by atoms with Gasteiger partial charge in [0.25, 0.3) is 0 Å². The van der Waals surface area contributed by atoms with Crippen LogP contribution in [0.25, 0.3) is 0 Å². The SMILES string of the molecule is CC(C)C1SCCCSC1C(C)(C)C. The van der Waals surface area contributed by atoms with Crippen LogP contribution >= 0.6 is 23.5 Å². The predicted molar refractivity (Wildman–Crippen MR) is 71.4 cm³/mol. The second kappa shape index (κ2) is 5.16. The molecule has 1 fully saturated rings. The van der Waals surface area contributed by atoms with Gasteiger partial charge < -0.3 is 0 Å². The molecular weight excluding hydrogens is 208 g/mol. The van der Waals surface area contributed by atoms with Crippen LogP contribution in [0.4, 0.5) is 0 Å². The van der Waals surface area contributed by atoms with E-state index < -0.39 is 0 Å². The Hall–Kier alpha value is 0.700. The molecule has 0 N–H and O–H groups in total. The molecule has 0 amide bonds. The summed E-state index contributed by atoms with van der Waals surface area (Å²) in [5.74, 6) is 3.54. The lowest BCUT2D eigenvalue weighted by atomic mass is 9.86. The van der Waals surface area contributed by atoms with E-state index in [0.717, 1.165) is 16.4 Å². The minimum atomic E-state index is 0.455. The fourth-order valence-corrected chi connectivity index (χ4v) is 5.73. The van der Waals surface area contributed by atoms with E-state index in [2.05, 4.69) is 58.1 Å².